The quantitative estimate of drug-likeness (QED) is 0.387. The summed E-state index contributed by atoms with van der Waals surface area (Å²) in [7, 11) is 1.65. The van der Waals surface area contributed by atoms with Gasteiger partial charge in [0.1, 0.15) is 5.75 Å². The molecule has 33 heavy (non-hydrogen) atoms. The second-order valence-corrected chi connectivity index (χ2v) is 8.00. The van der Waals surface area contributed by atoms with Crippen LogP contribution >= 0.6 is 0 Å². The first-order valence-electron chi connectivity index (χ1n) is 11.1. The number of ether oxygens (including phenoxy) is 1. The molecule has 3 aromatic carbocycles. The van der Waals surface area contributed by atoms with Crippen LogP contribution in [0.25, 0.3) is 23.0 Å². The van der Waals surface area contributed by atoms with Gasteiger partial charge in [0.15, 0.2) is 0 Å². The van der Waals surface area contributed by atoms with E-state index in [-0.39, 0.29) is 5.91 Å². The summed E-state index contributed by atoms with van der Waals surface area (Å²) in [5.74, 6) is 0.771. The van der Waals surface area contributed by atoms with Gasteiger partial charge in [-0.1, -0.05) is 36.4 Å². The van der Waals surface area contributed by atoms with Crippen LogP contribution in [0.3, 0.4) is 0 Å². The number of hydrogen-bond donors (Lipinski definition) is 0. The second-order valence-electron chi connectivity index (χ2n) is 8.00. The maximum absolute atomic E-state index is 13.1. The number of rotatable bonds is 5. The third-order valence-electron chi connectivity index (χ3n) is 5.91. The van der Waals surface area contributed by atoms with E-state index in [1.807, 2.05) is 94.7 Å². The Kier molecular flexibility index (Phi) is 5.77. The van der Waals surface area contributed by atoms with Crippen LogP contribution in [0.2, 0.25) is 0 Å². The minimum atomic E-state index is -0.0182. The Morgan fingerprint density at radius 3 is 2.52 bits per heavy atom. The highest BCUT2D eigenvalue weighted by atomic mass is 16.5. The number of aryl methyl sites for hydroxylation is 1. The molecule has 5 nitrogen and oxygen atoms in total. The molecule has 0 saturated carbocycles. The van der Waals surface area contributed by atoms with Crippen LogP contribution in [0.15, 0.2) is 91.1 Å². The molecule has 0 bridgehead atoms. The summed E-state index contributed by atoms with van der Waals surface area (Å²) in [4.78, 5) is 15.0. The molecule has 0 atom stereocenters. The minimum Gasteiger partial charge on any atom is -0.497 e. The van der Waals surface area contributed by atoms with Crippen molar-refractivity contribution in [2.75, 3.05) is 18.6 Å². The normalized spacial score (nSPS) is 13.2. The molecule has 4 aromatic rings. The van der Waals surface area contributed by atoms with Crippen LogP contribution < -0.4 is 9.64 Å². The minimum absolute atomic E-state index is 0.0182. The Labute approximate surface area is 193 Å². The first-order chi connectivity index (χ1) is 16.2. The predicted molar refractivity (Wildman–Crippen MR) is 132 cm³/mol. The fraction of sp³-hybridized carbons (Fsp3) is 0.143. The summed E-state index contributed by atoms with van der Waals surface area (Å²) in [5.41, 5.74) is 5.84. The third-order valence-corrected chi connectivity index (χ3v) is 5.91. The summed E-state index contributed by atoms with van der Waals surface area (Å²) >= 11 is 0. The number of anilines is 1. The molecule has 0 saturated heterocycles. The average Bonchev–Trinajstić information content (AvgIpc) is 3.32. The zero-order valence-corrected chi connectivity index (χ0v) is 18.5. The standard InChI is InChI=1S/C28H25N3O2/c1-33-25-16-13-22(14-17-25)28-23(20-31(29-28)24-10-3-2-4-11-24)15-18-27(32)30-19-7-9-21-8-5-6-12-26(21)30/h2-6,8,10-18,20H,7,9,19H2,1H3. The maximum atomic E-state index is 13.1. The Morgan fingerprint density at radius 2 is 1.73 bits per heavy atom. The van der Waals surface area contributed by atoms with Gasteiger partial charge in [-0.2, -0.15) is 5.10 Å². The first kappa shape index (κ1) is 20.8. The van der Waals surface area contributed by atoms with Gasteiger partial charge in [0.25, 0.3) is 5.91 Å². The maximum Gasteiger partial charge on any atom is 0.250 e. The lowest BCUT2D eigenvalue weighted by atomic mass is 10.0. The van der Waals surface area contributed by atoms with Gasteiger partial charge in [-0.3, -0.25) is 4.79 Å². The van der Waals surface area contributed by atoms with Crippen LogP contribution in [-0.4, -0.2) is 29.3 Å². The fourth-order valence-electron chi connectivity index (χ4n) is 4.21. The molecule has 5 rings (SSSR count). The van der Waals surface area contributed by atoms with E-state index >= 15 is 0 Å². The van der Waals surface area contributed by atoms with Crippen molar-refractivity contribution in [2.45, 2.75) is 12.8 Å². The molecular weight excluding hydrogens is 410 g/mol. The van der Waals surface area contributed by atoms with E-state index in [0.29, 0.717) is 0 Å². The van der Waals surface area contributed by atoms with Crippen LogP contribution in [-0.2, 0) is 11.2 Å². The fourth-order valence-corrected chi connectivity index (χ4v) is 4.21. The van der Waals surface area contributed by atoms with Crippen molar-refractivity contribution in [1.82, 2.24) is 9.78 Å². The van der Waals surface area contributed by atoms with E-state index in [4.69, 9.17) is 9.84 Å². The number of para-hydroxylation sites is 2. The summed E-state index contributed by atoms with van der Waals surface area (Å²) in [6, 6.07) is 25.9. The summed E-state index contributed by atoms with van der Waals surface area (Å²) < 4.78 is 7.14. The summed E-state index contributed by atoms with van der Waals surface area (Å²) in [6.45, 7) is 0.731. The number of carbonyl (C=O) groups is 1. The number of nitrogens with zero attached hydrogens (tertiary/aromatic N) is 3. The van der Waals surface area contributed by atoms with Crippen molar-refractivity contribution in [3.8, 4) is 22.7 Å². The highest BCUT2D eigenvalue weighted by Gasteiger charge is 2.20. The lowest BCUT2D eigenvalue weighted by Gasteiger charge is -2.28. The molecule has 0 N–H and O–H groups in total. The zero-order chi connectivity index (χ0) is 22.6. The van der Waals surface area contributed by atoms with E-state index < -0.39 is 0 Å². The van der Waals surface area contributed by atoms with Crippen molar-refractivity contribution in [1.29, 1.82) is 0 Å². The van der Waals surface area contributed by atoms with Crippen molar-refractivity contribution >= 4 is 17.7 Å². The molecular formula is C28H25N3O2. The molecule has 5 heteroatoms. The van der Waals surface area contributed by atoms with E-state index in [1.165, 1.54) is 5.56 Å². The lowest BCUT2D eigenvalue weighted by Crippen LogP contribution is -2.34. The predicted octanol–water partition coefficient (Wildman–Crippen LogP) is 5.54. The molecule has 1 aromatic heterocycles. The van der Waals surface area contributed by atoms with Gasteiger partial charge < -0.3 is 9.64 Å². The van der Waals surface area contributed by atoms with Crippen molar-refractivity contribution in [3.63, 3.8) is 0 Å². The highest BCUT2D eigenvalue weighted by Crippen LogP contribution is 2.29. The largest absolute Gasteiger partial charge is 0.497 e. The number of hydrogen-bond acceptors (Lipinski definition) is 3. The van der Waals surface area contributed by atoms with E-state index in [9.17, 15) is 4.79 Å². The van der Waals surface area contributed by atoms with E-state index in [0.717, 1.165) is 53.3 Å². The number of fused-ring (bicyclic) bond motifs is 1. The zero-order valence-electron chi connectivity index (χ0n) is 18.5. The number of carbonyl (C=O) groups excluding carboxylic acids is 1. The topological polar surface area (TPSA) is 47.4 Å². The Balaban J connectivity index is 1.49. The number of aromatic nitrogens is 2. The molecule has 164 valence electrons. The Hall–Kier alpha value is -4.12. The van der Waals surface area contributed by atoms with E-state index in [1.54, 1.807) is 13.2 Å². The van der Waals surface area contributed by atoms with Crippen molar-refractivity contribution in [3.05, 3.63) is 102 Å². The molecule has 0 fully saturated rings. The van der Waals surface area contributed by atoms with Crippen molar-refractivity contribution in [2.24, 2.45) is 0 Å². The molecule has 0 aliphatic carbocycles. The SMILES string of the molecule is COc1ccc(-c2nn(-c3ccccc3)cc2C=CC(=O)N2CCCc3ccccc32)cc1. The average molecular weight is 436 g/mol. The van der Waals surface area contributed by atoms with Crippen LogP contribution in [0.1, 0.15) is 17.5 Å². The van der Waals surface area contributed by atoms with E-state index in [2.05, 4.69) is 6.07 Å². The molecule has 1 aliphatic heterocycles. The second kappa shape index (κ2) is 9.17. The Bertz CT molecular complexity index is 1290. The molecule has 1 amide bonds. The van der Waals surface area contributed by atoms with Gasteiger partial charge in [-0.05, 0) is 66.9 Å². The van der Waals surface area contributed by atoms with Gasteiger partial charge in [-0.25, -0.2) is 4.68 Å². The van der Waals surface area contributed by atoms with Crippen LogP contribution in [0.5, 0.6) is 5.75 Å². The molecule has 0 unspecified atom stereocenters. The lowest BCUT2D eigenvalue weighted by molar-refractivity contribution is -0.114. The van der Waals surface area contributed by atoms with Crippen LogP contribution in [0, 0.1) is 0 Å². The summed E-state index contributed by atoms with van der Waals surface area (Å²) in [5, 5.41) is 4.83. The first-order valence-corrected chi connectivity index (χ1v) is 11.1. The van der Waals surface area contributed by atoms with Gasteiger partial charge in [0.2, 0.25) is 0 Å². The molecule has 1 aliphatic rings. The van der Waals surface area contributed by atoms with Gasteiger partial charge in [0, 0.05) is 35.6 Å². The smallest absolute Gasteiger partial charge is 0.250 e. The number of methoxy groups -OCH3 is 1. The monoisotopic (exact) mass is 435 g/mol. The Morgan fingerprint density at radius 1 is 0.970 bits per heavy atom. The molecule has 0 spiro atoms. The molecule has 2 heterocycles. The highest BCUT2D eigenvalue weighted by molar-refractivity contribution is 6.04. The summed E-state index contributed by atoms with van der Waals surface area (Å²) in [6.07, 6.45) is 7.46. The van der Waals surface area contributed by atoms with Gasteiger partial charge in [-0.15, -0.1) is 0 Å². The third kappa shape index (κ3) is 4.30. The van der Waals surface area contributed by atoms with Crippen molar-refractivity contribution < 1.29 is 9.53 Å². The number of benzene rings is 3. The molecule has 0 radical (unpaired) electrons. The van der Waals surface area contributed by atoms with Gasteiger partial charge >= 0.3 is 0 Å². The van der Waals surface area contributed by atoms with Crippen LogP contribution in [0.4, 0.5) is 5.69 Å². The van der Waals surface area contributed by atoms with Gasteiger partial charge in [0.05, 0.1) is 18.5 Å². The number of amides is 1.